The Labute approximate surface area is 133 Å². The van der Waals surface area contributed by atoms with Crippen molar-refractivity contribution >= 4 is 44.2 Å². The summed E-state index contributed by atoms with van der Waals surface area (Å²) in [7, 11) is 0. The molecule has 0 bridgehead atoms. The third-order valence-corrected chi connectivity index (χ3v) is 4.26. The summed E-state index contributed by atoms with van der Waals surface area (Å²) in [4.78, 5) is 16.7. The van der Waals surface area contributed by atoms with E-state index in [2.05, 4.69) is 31.1 Å². The van der Waals surface area contributed by atoms with Crippen LogP contribution in [0.25, 0.3) is 10.2 Å². The van der Waals surface area contributed by atoms with Crippen LogP contribution in [0.3, 0.4) is 0 Å². The lowest BCUT2D eigenvalue weighted by Gasteiger charge is -2.23. The number of hydrogen-bond acceptors (Lipinski definition) is 4. The van der Waals surface area contributed by atoms with Gasteiger partial charge in [0, 0.05) is 11.6 Å². The minimum atomic E-state index is -0.208. The number of anilines is 1. The Balaban J connectivity index is 2.13. The minimum Gasteiger partial charge on any atom is -0.330 e. The molecule has 4 nitrogen and oxygen atoms in total. The van der Waals surface area contributed by atoms with Gasteiger partial charge in [-0.3, -0.25) is 4.79 Å². The fraction of sp³-hybridized carbons (Fsp3) is 0.467. The number of aromatic nitrogens is 1. The summed E-state index contributed by atoms with van der Waals surface area (Å²) in [6, 6.07) is 5.48. The van der Waals surface area contributed by atoms with Crippen LogP contribution in [0.15, 0.2) is 18.2 Å². The number of amides is 1. The average molecular weight is 326 g/mol. The van der Waals surface area contributed by atoms with E-state index in [9.17, 15) is 4.79 Å². The van der Waals surface area contributed by atoms with E-state index in [0.717, 1.165) is 16.6 Å². The lowest BCUT2D eigenvalue weighted by molar-refractivity contribution is -0.120. The molecule has 1 heterocycles. The van der Waals surface area contributed by atoms with Gasteiger partial charge in [-0.15, -0.1) is 0 Å². The Morgan fingerprint density at radius 3 is 2.81 bits per heavy atom. The van der Waals surface area contributed by atoms with Crippen molar-refractivity contribution in [3.63, 3.8) is 0 Å². The Kier molecular flexibility index (Phi) is 4.86. The van der Waals surface area contributed by atoms with Gasteiger partial charge in [0.05, 0.1) is 16.1 Å². The summed E-state index contributed by atoms with van der Waals surface area (Å²) in [6.45, 7) is 6.63. The van der Waals surface area contributed by atoms with Crippen molar-refractivity contribution in [1.29, 1.82) is 0 Å². The van der Waals surface area contributed by atoms with E-state index in [0.29, 0.717) is 16.7 Å². The number of nitrogens with zero attached hydrogens (tertiary/aromatic N) is 1. The van der Waals surface area contributed by atoms with E-state index in [1.165, 1.54) is 11.3 Å². The molecule has 0 aliphatic carbocycles. The predicted octanol–water partition coefficient (Wildman–Crippen LogP) is 3.90. The van der Waals surface area contributed by atoms with Crippen molar-refractivity contribution in [2.75, 3.05) is 11.9 Å². The van der Waals surface area contributed by atoms with E-state index >= 15 is 0 Å². The van der Waals surface area contributed by atoms with Gasteiger partial charge in [0.25, 0.3) is 0 Å². The number of nitrogens with one attached hydrogen (secondary N) is 1. The summed E-state index contributed by atoms with van der Waals surface area (Å²) >= 11 is 7.37. The summed E-state index contributed by atoms with van der Waals surface area (Å²) in [5.41, 5.74) is 6.63. The maximum atomic E-state index is 12.3. The maximum absolute atomic E-state index is 12.3. The topological polar surface area (TPSA) is 68.0 Å². The van der Waals surface area contributed by atoms with Crippen LogP contribution < -0.4 is 11.1 Å². The number of nitrogens with two attached hydrogens (primary N) is 1. The summed E-state index contributed by atoms with van der Waals surface area (Å²) in [5.74, 6) is -0.279. The highest BCUT2D eigenvalue weighted by Crippen LogP contribution is 2.29. The van der Waals surface area contributed by atoms with Crippen molar-refractivity contribution in [3.05, 3.63) is 23.2 Å². The van der Waals surface area contributed by atoms with Crippen LogP contribution in [0, 0.1) is 11.3 Å². The first kappa shape index (κ1) is 16.2. The van der Waals surface area contributed by atoms with Gasteiger partial charge in [0.1, 0.15) is 0 Å². The number of benzene rings is 1. The molecule has 0 saturated heterocycles. The van der Waals surface area contributed by atoms with Crippen molar-refractivity contribution in [3.8, 4) is 0 Å². The van der Waals surface area contributed by atoms with Gasteiger partial charge in [-0.1, -0.05) is 43.7 Å². The first-order chi connectivity index (χ1) is 9.78. The van der Waals surface area contributed by atoms with Gasteiger partial charge in [-0.2, -0.15) is 0 Å². The van der Waals surface area contributed by atoms with Crippen LogP contribution in [-0.2, 0) is 4.79 Å². The van der Waals surface area contributed by atoms with Crippen LogP contribution in [0.2, 0.25) is 5.02 Å². The van der Waals surface area contributed by atoms with Crippen LogP contribution in [0.4, 0.5) is 5.13 Å². The lowest BCUT2D eigenvalue weighted by atomic mass is 9.84. The standard InChI is InChI=1S/C15H20ClN3OS/c1-15(2,3)7-9(8-17)13(20)19-14-18-11-5-4-10(16)6-12(11)21-14/h4-6,9H,7-8,17H2,1-3H3,(H,18,19,20). The molecule has 21 heavy (non-hydrogen) atoms. The molecule has 6 heteroatoms. The number of carbonyl (C=O) groups excluding carboxylic acids is 1. The molecule has 0 fully saturated rings. The van der Waals surface area contributed by atoms with E-state index < -0.39 is 0 Å². The molecule has 1 unspecified atom stereocenters. The molecule has 1 amide bonds. The first-order valence-electron chi connectivity index (χ1n) is 6.85. The van der Waals surface area contributed by atoms with Crippen LogP contribution in [0.1, 0.15) is 27.2 Å². The van der Waals surface area contributed by atoms with Gasteiger partial charge in [0.2, 0.25) is 5.91 Å². The molecule has 1 aromatic heterocycles. The van der Waals surface area contributed by atoms with Crippen LogP contribution in [-0.4, -0.2) is 17.4 Å². The van der Waals surface area contributed by atoms with E-state index in [-0.39, 0.29) is 17.2 Å². The van der Waals surface area contributed by atoms with E-state index in [1.54, 1.807) is 6.07 Å². The molecule has 114 valence electrons. The molecule has 0 saturated carbocycles. The third-order valence-electron chi connectivity index (χ3n) is 3.09. The highest BCUT2D eigenvalue weighted by Gasteiger charge is 2.24. The number of rotatable bonds is 4. The quantitative estimate of drug-likeness (QED) is 0.895. The average Bonchev–Trinajstić information content (AvgIpc) is 2.75. The molecule has 1 aromatic carbocycles. The van der Waals surface area contributed by atoms with Crippen LogP contribution in [0.5, 0.6) is 0 Å². The van der Waals surface area contributed by atoms with Crippen LogP contribution >= 0.6 is 22.9 Å². The molecule has 2 aromatic rings. The molecule has 3 N–H and O–H groups in total. The molecule has 2 rings (SSSR count). The predicted molar refractivity (Wildman–Crippen MR) is 89.9 cm³/mol. The SMILES string of the molecule is CC(C)(C)CC(CN)C(=O)Nc1nc2ccc(Cl)cc2s1. The molecule has 0 spiro atoms. The molecule has 0 aliphatic heterocycles. The molecule has 0 aliphatic rings. The minimum absolute atomic E-state index is 0.0580. The van der Waals surface area contributed by atoms with Crippen molar-refractivity contribution < 1.29 is 4.79 Å². The van der Waals surface area contributed by atoms with Gasteiger partial charge >= 0.3 is 0 Å². The Bertz CT molecular complexity index is 648. The number of carbonyl (C=O) groups is 1. The van der Waals surface area contributed by atoms with E-state index in [4.69, 9.17) is 17.3 Å². The van der Waals surface area contributed by atoms with Crippen molar-refractivity contribution in [1.82, 2.24) is 4.98 Å². The van der Waals surface area contributed by atoms with Crippen molar-refractivity contribution in [2.45, 2.75) is 27.2 Å². The number of fused-ring (bicyclic) bond motifs is 1. The second kappa shape index (κ2) is 6.30. The number of hydrogen-bond donors (Lipinski definition) is 2. The highest BCUT2D eigenvalue weighted by atomic mass is 35.5. The zero-order valence-electron chi connectivity index (χ0n) is 12.4. The zero-order chi connectivity index (χ0) is 15.6. The Hall–Kier alpha value is -1.17. The monoisotopic (exact) mass is 325 g/mol. The summed E-state index contributed by atoms with van der Waals surface area (Å²) < 4.78 is 0.956. The van der Waals surface area contributed by atoms with Gasteiger partial charge in [0.15, 0.2) is 5.13 Å². The zero-order valence-corrected chi connectivity index (χ0v) is 14.0. The normalized spacial score (nSPS) is 13.4. The fourth-order valence-electron chi connectivity index (χ4n) is 2.18. The van der Waals surface area contributed by atoms with Gasteiger partial charge in [-0.05, 0) is 30.0 Å². The lowest BCUT2D eigenvalue weighted by Crippen LogP contribution is -2.32. The Morgan fingerprint density at radius 2 is 2.19 bits per heavy atom. The molecular weight excluding hydrogens is 306 g/mol. The Morgan fingerprint density at radius 1 is 1.48 bits per heavy atom. The molecule has 1 atom stereocenters. The first-order valence-corrected chi connectivity index (χ1v) is 8.05. The second-order valence-corrected chi connectivity index (χ2v) is 7.78. The molecule has 0 radical (unpaired) electrons. The van der Waals surface area contributed by atoms with Gasteiger partial charge < -0.3 is 11.1 Å². The number of thiazole rings is 1. The van der Waals surface area contributed by atoms with Crippen molar-refractivity contribution in [2.24, 2.45) is 17.1 Å². The van der Waals surface area contributed by atoms with Gasteiger partial charge in [-0.25, -0.2) is 4.98 Å². The largest absolute Gasteiger partial charge is 0.330 e. The highest BCUT2D eigenvalue weighted by molar-refractivity contribution is 7.22. The number of halogens is 1. The maximum Gasteiger partial charge on any atom is 0.230 e. The fourth-order valence-corrected chi connectivity index (χ4v) is 3.33. The second-order valence-electron chi connectivity index (χ2n) is 6.32. The third kappa shape index (κ3) is 4.40. The van der Waals surface area contributed by atoms with E-state index in [1.807, 2.05) is 12.1 Å². The molecular formula is C15H20ClN3OS. The smallest absolute Gasteiger partial charge is 0.230 e. The summed E-state index contributed by atoms with van der Waals surface area (Å²) in [6.07, 6.45) is 0.742. The summed E-state index contributed by atoms with van der Waals surface area (Å²) in [5, 5.41) is 4.12.